The Morgan fingerprint density at radius 2 is 1.68 bits per heavy atom. The normalized spacial score (nSPS) is 18.9. The lowest BCUT2D eigenvalue weighted by atomic mass is 9.85. The van der Waals surface area contributed by atoms with Gasteiger partial charge in [-0.2, -0.15) is 8.42 Å². The van der Waals surface area contributed by atoms with Gasteiger partial charge in [-0.3, -0.25) is 4.18 Å². The van der Waals surface area contributed by atoms with Gasteiger partial charge in [0, 0.05) is 31.0 Å². The smallest absolute Gasteiger partial charge is 0.411 e. The summed E-state index contributed by atoms with van der Waals surface area (Å²) in [5.74, 6) is -1.81. The van der Waals surface area contributed by atoms with Gasteiger partial charge in [0.15, 0.2) is 0 Å². The van der Waals surface area contributed by atoms with Crippen LogP contribution in [0, 0.1) is 17.5 Å². The zero-order valence-corrected chi connectivity index (χ0v) is 20.7. The first-order chi connectivity index (χ1) is 17.5. The van der Waals surface area contributed by atoms with Crippen LogP contribution in [-0.2, 0) is 24.8 Å². The molecule has 0 bridgehead atoms. The highest BCUT2D eigenvalue weighted by molar-refractivity contribution is 7.84. The number of hydrogen-bond donors (Lipinski definition) is 1. The minimum Gasteiger partial charge on any atom is -0.438 e. The fourth-order valence-electron chi connectivity index (χ4n) is 4.47. The Morgan fingerprint density at radius 3 is 2.27 bits per heavy atom. The number of amides is 1. The number of nitrogens with zero attached hydrogens (tertiary/aromatic N) is 1. The zero-order valence-electron chi connectivity index (χ0n) is 19.9. The molecule has 0 aliphatic carbocycles. The number of ether oxygens (including phenoxy) is 1. The molecule has 0 radical (unpaired) electrons. The van der Waals surface area contributed by atoms with Gasteiger partial charge >= 0.3 is 16.4 Å². The molecule has 2 atom stereocenters. The number of cyclic esters (lactones) is 1. The van der Waals surface area contributed by atoms with Crippen LogP contribution in [-0.4, -0.2) is 32.6 Å². The molecule has 0 spiro atoms. The standard InChI is InChI=1S/C26H25F3N2O5S/c1-17(18-2-4-19(5-3-18)23-11-10-22(28)16-24(23)29)31-14-12-26(36-25(31)32,13-15-35-37(30,33)34)20-6-8-21(27)9-7-20/h2-11,16-17H,12-15H2,1H3,(H2,30,33,34). The SMILES string of the molecule is CC(c1ccc(-c2ccc(F)cc2F)cc1)N1CCC(CCOS(N)(=O)=O)(c2ccc(F)cc2)OC1=O. The summed E-state index contributed by atoms with van der Waals surface area (Å²) < 4.78 is 73.9. The van der Waals surface area contributed by atoms with Gasteiger partial charge < -0.3 is 9.64 Å². The summed E-state index contributed by atoms with van der Waals surface area (Å²) in [4.78, 5) is 14.7. The predicted molar refractivity (Wildman–Crippen MR) is 130 cm³/mol. The van der Waals surface area contributed by atoms with E-state index in [9.17, 15) is 26.4 Å². The molecule has 2 unspecified atom stereocenters. The fraction of sp³-hybridized carbons (Fsp3) is 0.269. The molecule has 3 aromatic carbocycles. The first-order valence-electron chi connectivity index (χ1n) is 11.5. The largest absolute Gasteiger partial charge is 0.438 e. The van der Waals surface area contributed by atoms with E-state index in [1.54, 1.807) is 24.3 Å². The van der Waals surface area contributed by atoms with E-state index in [1.807, 2.05) is 6.92 Å². The van der Waals surface area contributed by atoms with E-state index in [-0.39, 0.29) is 31.6 Å². The van der Waals surface area contributed by atoms with Crippen molar-refractivity contribution >= 4 is 16.4 Å². The maximum atomic E-state index is 14.1. The van der Waals surface area contributed by atoms with Crippen molar-refractivity contribution in [1.82, 2.24) is 4.90 Å². The lowest BCUT2D eigenvalue weighted by Crippen LogP contribution is -2.49. The van der Waals surface area contributed by atoms with Crippen molar-refractivity contribution in [3.8, 4) is 11.1 Å². The summed E-state index contributed by atoms with van der Waals surface area (Å²) in [6, 6.07) is 15.2. The monoisotopic (exact) mass is 534 g/mol. The first kappa shape index (κ1) is 26.6. The highest BCUT2D eigenvalue weighted by atomic mass is 32.2. The Balaban J connectivity index is 1.52. The minimum atomic E-state index is -4.20. The van der Waals surface area contributed by atoms with Gasteiger partial charge in [0.05, 0.1) is 12.6 Å². The molecule has 1 aliphatic rings. The number of benzene rings is 3. The highest BCUT2D eigenvalue weighted by Crippen LogP contribution is 2.40. The molecule has 1 aliphatic heterocycles. The van der Waals surface area contributed by atoms with Crippen molar-refractivity contribution in [2.75, 3.05) is 13.2 Å². The maximum absolute atomic E-state index is 14.1. The van der Waals surface area contributed by atoms with Gasteiger partial charge in [-0.15, -0.1) is 0 Å². The lowest BCUT2D eigenvalue weighted by molar-refractivity contribution is -0.0702. The Kier molecular flexibility index (Phi) is 7.58. The third-order valence-electron chi connectivity index (χ3n) is 6.50. The van der Waals surface area contributed by atoms with Gasteiger partial charge in [-0.05, 0) is 47.9 Å². The Morgan fingerprint density at radius 1 is 1.03 bits per heavy atom. The minimum absolute atomic E-state index is 0.0129. The second kappa shape index (κ2) is 10.5. The van der Waals surface area contributed by atoms with Crippen LogP contribution in [0.5, 0.6) is 0 Å². The van der Waals surface area contributed by atoms with E-state index in [0.717, 1.165) is 11.6 Å². The third kappa shape index (κ3) is 6.12. The summed E-state index contributed by atoms with van der Waals surface area (Å²) in [6.45, 7) is 1.73. The maximum Gasteiger partial charge on any atom is 0.411 e. The van der Waals surface area contributed by atoms with Crippen LogP contribution >= 0.6 is 0 Å². The molecule has 37 heavy (non-hydrogen) atoms. The van der Waals surface area contributed by atoms with Crippen LogP contribution in [0.25, 0.3) is 11.1 Å². The first-order valence-corrected chi connectivity index (χ1v) is 12.9. The van der Waals surface area contributed by atoms with Crippen LogP contribution < -0.4 is 5.14 Å². The van der Waals surface area contributed by atoms with Crippen LogP contribution in [0.2, 0.25) is 0 Å². The van der Waals surface area contributed by atoms with Crippen molar-refractivity contribution in [3.05, 3.63) is 95.3 Å². The van der Waals surface area contributed by atoms with E-state index < -0.39 is 45.5 Å². The summed E-state index contributed by atoms with van der Waals surface area (Å²) in [5.41, 5.74) is 0.826. The van der Waals surface area contributed by atoms with Crippen molar-refractivity contribution in [1.29, 1.82) is 0 Å². The molecule has 1 saturated heterocycles. The summed E-state index contributed by atoms with van der Waals surface area (Å²) in [7, 11) is -4.20. The van der Waals surface area contributed by atoms with Crippen molar-refractivity contribution < 1.29 is 35.3 Å². The topological polar surface area (TPSA) is 98.9 Å². The van der Waals surface area contributed by atoms with Crippen LogP contribution in [0.15, 0.2) is 66.7 Å². The molecule has 1 fully saturated rings. The average molecular weight is 535 g/mol. The van der Waals surface area contributed by atoms with Gasteiger partial charge in [0.25, 0.3) is 0 Å². The zero-order chi connectivity index (χ0) is 26.8. The second-order valence-corrected chi connectivity index (χ2v) is 10.0. The third-order valence-corrected chi connectivity index (χ3v) is 7.00. The van der Waals surface area contributed by atoms with Gasteiger partial charge in [0.2, 0.25) is 0 Å². The molecule has 2 N–H and O–H groups in total. The number of halogens is 3. The van der Waals surface area contributed by atoms with Gasteiger partial charge in [0.1, 0.15) is 23.1 Å². The quantitative estimate of drug-likeness (QED) is 0.429. The molecule has 4 rings (SSSR count). The number of carbonyl (C=O) groups is 1. The molecule has 0 aromatic heterocycles. The summed E-state index contributed by atoms with van der Waals surface area (Å²) in [6.07, 6.45) is -0.380. The average Bonchev–Trinajstić information content (AvgIpc) is 2.83. The van der Waals surface area contributed by atoms with Crippen LogP contribution in [0.1, 0.15) is 36.9 Å². The van der Waals surface area contributed by atoms with E-state index in [0.29, 0.717) is 11.1 Å². The van der Waals surface area contributed by atoms with Crippen molar-refractivity contribution in [2.45, 2.75) is 31.4 Å². The van der Waals surface area contributed by atoms with Crippen molar-refractivity contribution in [2.24, 2.45) is 5.14 Å². The van der Waals surface area contributed by atoms with E-state index >= 15 is 0 Å². The predicted octanol–water partition coefficient (Wildman–Crippen LogP) is 5.18. The van der Waals surface area contributed by atoms with E-state index in [1.165, 1.54) is 41.3 Å². The molecular weight excluding hydrogens is 509 g/mol. The van der Waals surface area contributed by atoms with Gasteiger partial charge in [-0.1, -0.05) is 36.4 Å². The second-order valence-electron chi connectivity index (χ2n) is 8.80. The Hall–Kier alpha value is -3.41. The molecule has 1 heterocycles. The van der Waals surface area contributed by atoms with Crippen LogP contribution in [0.3, 0.4) is 0 Å². The number of nitrogens with two attached hydrogens (primary N) is 1. The molecule has 1 amide bonds. The fourth-order valence-corrected chi connectivity index (χ4v) is 4.78. The number of carbonyl (C=O) groups excluding carboxylic acids is 1. The van der Waals surface area contributed by atoms with Gasteiger partial charge in [-0.25, -0.2) is 23.1 Å². The van der Waals surface area contributed by atoms with E-state index in [2.05, 4.69) is 4.18 Å². The Labute approximate surface area is 212 Å². The lowest BCUT2D eigenvalue weighted by Gasteiger charge is -2.43. The molecule has 7 nitrogen and oxygen atoms in total. The molecule has 0 saturated carbocycles. The molecular formula is C26H25F3N2O5S. The number of hydrogen-bond acceptors (Lipinski definition) is 5. The summed E-state index contributed by atoms with van der Waals surface area (Å²) >= 11 is 0. The molecule has 3 aromatic rings. The number of rotatable bonds is 8. The summed E-state index contributed by atoms with van der Waals surface area (Å²) in [5, 5.41) is 4.92. The van der Waals surface area contributed by atoms with Crippen molar-refractivity contribution in [3.63, 3.8) is 0 Å². The Bertz CT molecular complexity index is 1380. The molecule has 196 valence electrons. The van der Waals surface area contributed by atoms with E-state index in [4.69, 9.17) is 9.88 Å². The van der Waals surface area contributed by atoms with Crippen LogP contribution in [0.4, 0.5) is 18.0 Å². The molecule has 11 heteroatoms. The highest BCUT2D eigenvalue weighted by Gasteiger charge is 2.43.